The highest BCUT2D eigenvalue weighted by molar-refractivity contribution is 5.86. The smallest absolute Gasteiger partial charge is 0.321 e. The first-order valence-electron chi connectivity index (χ1n) is 15.3. The van der Waals surface area contributed by atoms with Gasteiger partial charge in [-0.1, -0.05) is 26.8 Å². The second kappa shape index (κ2) is 15.2. The number of likely N-dealkylation sites (tertiary alicyclic amines) is 1. The van der Waals surface area contributed by atoms with Crippen LogP contribution in [0.25, 0.3) is 0 Å². The molecule has 1 saturated heterocycles. The van der Waals surface area contributed by atoms with Crippen LogP contribution >= 0.6 is 37.2 Å². The van der Waals surface area contributed by atoms with Crippen LogP contribution in [0.5, 0.6) is 0 Å². The molecule has 43 heavy (non-hydrogen) atoms. The average molecular weight is 666 g/mol. The third-order valence-corrected chi connectivity index (χ3v) is 10.4. The number of halogens is 5. The molecule has 1 aromatic heterocycles. The number of aromatic nitrogens is 2. The van der Waals surface area contributed by atoms with Crippen molar-refractivity contribution in [2.45, 2.75) is 103 Å². The molecule has 4 atom stereocenters. The number of aliphatic carboxylic acids is 1. The zero-order valence-corrected chi connectivity index (χ0v) is 28.5. The van der Waals surface area contributed by atoms with E-state index in [1.165, 1.54) is 35.5 Å². The largest absolute Gasteiger partial charge is 0.480 e. The number of hydrogen-bond acceptors (Lipinski definition) is 4. The summed E-state index contributed by atoms with van der Waals surface area (Å²) in [4.78, 5) is 16.7. The molecule has 3 aliphatic rings. The Bertz CT molecular complexity index is 1240. The van der Waals surface area contributed by atoms with Crippen molar-refractivity contribution >= 4 is 43.2 Å². The monoisotopic (exact) mass is 664 g/mol. The lowest BCUT2D eigenvalue weighted by molar-refractivity contribution is -0.145. The Balaban J connectivity index is 0.00000215. The summed E-state index contributed by atoms with van der Waals surface area (Å²) < 4.78 is 30.4. The van der Waals surface area contributed by atoms with Crippen LogP contribution < -0.4 is 0 Å². The maximum absolute atomic E-state index is 14.3. The molecule has 2 fully saturated rings. The highest BCUT2D eigenvalue weighted by atomic mass is 35.5. The van der Waals surface area contributed by atoms with Gasteiger partial charge in [0.25, 0.3) is 0 Å². The number of piperidine rings is 1. The number of aryl methyl sites for hydroxylation is 2. The molecule has 1 saturated carbocycles. The van der Waals surface area contributed by atoms with Crippen LogP contribution in [-0.2, 0) is 29.6 Å². The van der Waals surface area contributed by atoms with Gasteiger partial charge in [0, 0.05) is 30.2 Å². The van der Waals surface area contributed by atoms with Crippen molar-refractivity contribution in [3.63, 3.8) is 0 Å². The molecule has 1 aliphatic heterocycles. The van der Waals surface area contributed by atoms with Gasteiger partial charge in [-0.15, -0.1) is 37.2 Å². The van der Waals surface area contributed by atoms with E-state index >= 15 is 0 Å². The van der Waals surface area contributed by atoms with E-state index in [-0.39, 0.29) is 66.4 Å². The van der Waals surface area contributed by atoms with Crippen LogP contribution in [0.2, 0.25) is 0 Å². The highest BCUT2D eigenvalue weighted by Gasteiger charge is 2.47. The van der Waals surface area contributed by atoms with E-state index < -0.39 is 23.6 Å². The van der Waals surface area contributed by atoms with E-state index in [0.29, 0.717) is 0 Å². The maximum atomic E-state index is 14.3. The van der Waals surface area contributed by atoms with Crippen LogP contribution in [0, 0.1) is 23.5 Å². The predicted octanol–water partition coefficient (Wildman–Crippen LogP) is 6.89. The SMILES string of the molecule is CCc1nn(CC)c2c1CCC21CCN(C[C@H]2C[C@H](N(C)[C@@H](C(=O)O)C(C)C)C[C@@H]2c2ccc(F)c(F)c2)CC1.Cl.Cl.Cl. The third-order valence-electron chi connectivity index (χ3n) is 10.4. The van der Waals surface area contributed by atoms with Crippen LogP contribution in [0.4, 0.5) is 8.78 Å². The Hall–Kier alpha value is -1.45. The molecule has 1 spiro atoms. The van der Waals surface area contributed by atoms with E-state index in [9.17, 15) is 18.7 Å². The quantitative estimate of drug-likeness (QED) is 0.316. The zero-order valence-electron chi connectivity index (χ0n) is 26.0. The summed E-state index contributed by atoms with van der Waals surface area (Å²) in [5.41, 5.74) is 5.29. The van der Waals surface area contributed by atoms with Gasteiger partial charge in [0.05, 0.1) is 5.69 Å². The Morgan fingerprint density at radius 2 is 1.77 bits per heavy atom. The molecular weight excluding hydrogens is 617 g/mol. The summed E-state index contributed by atoms with van der Waals surface area (Å²) in [5, 5.41) is 14.9. The van der Waals surface area contributed by atoms with Crippen LogP contribution in [-0.4, -0.2) is 69.4 Å². The van der Waals surface area contributed by atoms with Gasteiger partial charge in [0.15, 0.2) is 11.6 Å². The lowest BCUT2D eigenvalue weighted by atomic mass is 9.75. The second-order valence-electron chi connectivity index (χ2n) is 12.9. The van der Waals surface area contributed by atoms with Gasteiger partial charge in [-0.3, -0.25) is 14.4 Å². The molecule has 0 bridgehead atoms. The molecule has 2 aliphatic carbocycles. The standard InChI is InChI=1S/C32H46F2N4O2.3ClH/c1-6-28-24-10-11-32(30(24)38(7-2)35-28)12-14-37(15-13-32)19-22-16-23(36(5)29(20(3)4)31(39)40)18-25(22)21-8-9-26(33)27(34)17-21;;;/h8-9,17,20,22-23,25,29H,6-7,10-16,18-19H2,1-5H3,(H,39,40);3*1H/t22-,23+,25-,29-;;;/m1.../s1. The molecule has 1 N–H and O–H groups in total. The Kier molecular flexibility index (Phi) is 13.4. The Morgan fingerprint density at radius 3 is 2.33 bits per heavy atom. The molecule has 0 amide bonds. The normalized spacial score (nSPS) is 23.5. The van der Waals surface area contributed by atoms with Crippen LogP contribution in [0.3, 0.4) is 0 Å². The second-order valence-corrected chi connectivity index (χ2v) is 12.9. The summed E-state index contributed by atoms with van der Waals surface area (Å²) in [6.07, 6.45) is 7.17. The number of carboxylic acid groups (broad SMARTS) is 1. The van der Waals surface area contributed by atoms with E-state index in [0.717, 1.165) is 70.3 Å². The van der Waals surface area contributed by atoms with Gasteiger partial charge < -0.3 is 10.0 Å². The first-order chi connectivity index (χ1) is 19.1. The summed E-state index contributed by atoms with van der Waals surface area (Å²) in [5.74, 6) is -2.16. The zero-order chi connectivity index (χ0) is 28.8. The van der Waals surface area contributed by atoms with Crippen molar-refractivity contribution < 1.29 is 18.7 Å². The van der Waals surface area contributed by atoms with Crippen LogP contribution in [0.1, 0.15) is 88.2 Å². The molecule has 5 rings (SSSR count). The number of hydrogen-bond donors (Lipinski definition) is 1. The summed E-state index contributed by atoms with van der Waals surface area (Å²) in [7, 11) is 1.91. The summed E-state index contributed by atoms with van der Waals surface area (Å²) in [6.45, 7) is 12.1. The molecule has 6 nitrogen and oxygen atoms in total. The fourth-order valence-corrected chi connectivity index (χ4v) is 8.32. The van der Waals surface area contributed by atoms with Gasteiger partial charge in [-0.25, -0.2) is 8.78 Å². The minimum absolute atomic E-state index is 0. The molecule has 2 aromatic rings. The van der Waals surface area contributed by atoms with Crippen molar-refractivity contribution in [3.05, 3.63) is 52.3 Å². The van der Waals surface area contributed by atoms with Crippen molar-refractivity contribution in [1.82, 2.24) is 19.6 Å². The molecule has 0 unspecified atom stereocenters. The molecular formula is C32H49Cl3F2N4O2. The minimum Gasteiger partial charge on any atom is -0.480 e. The van der Waals surface area contributed by atoms with E-state index in [1.807, 2.05) is 25.8 Å². The summed E-state index contributed by atoms with van der Waals surface area (Å²) >= 11 is 0. The van der Waals surface area contributed by atoms with Gasteiger partial charge in [0.2, 0.25) is 0 Å². The molecule has 1 aromatic carbocycles. The minimum atomic E-state index is -0.826. The Labute approximate surface area is 274 Å². The van der Waals surface area contributed by atoms with Crippen molar-refractivity contribution in [2.24, 2.45) is 11.8 Å². The molecule has 244 valence electrons. The van der Waals surface area contributed by atoms with Crippen molar-refractivity contribution in [3.8, 4) is 0 Å². The van der Waals surface area contributed by atoms with E-state index in [1.54, 1.807) is 6.07 Å². The van der Waals surface area contributed by atoms with Gasteiger partial charge in [-0.05, 0) is 113 Å². The number of likely N-dealkylation sites (N-methyl/N-ethyl adjacent to an activating group) is 1. The first kappa shape index (κ1) is 37.7. The highest BCUT2D eigenvalue weighted by Crippen LogP contribution is 2.49. The van der Waals surface area contributed by atoms with E-state index in [4.69, 9.17) is 5.10 Å². The Morgan fingerprint density at radius 1 is 1.09 bits per heavy atom. The lowest BCUT2D eigenvalue weighted by Gasteiger charge is -2.41. The van der Waals surface area contributed by atoms with Crippen LogP contribution in [0.15, 0.2) is 18.2 Å². The number of rotatable bonds is 9. The van der Waals surface area contributed by atoms with E-state index in [2.05, 4.69) is 23.4 Å². The number of carbonyl (C=O) groups is 1. The molecule has 0 radical (unpaired) electrons. The average Bonchev–Trinajstić information content (AvgIpc) is 3.61. The number of fused-ring (bicyclic) bond motifs is 2. The van der Waals surface area contributed by atoms with Gasteiger partial charge in [0.1, 0.15) is 6.04 Å². The fraction of sp³-hybridized carbons (Fsp3) is 0.688. The lowest BCUT2D eigenvalue weighted by Crippen LogP contribution is -2.47. The maximum Gasteiger partial charge on any atom is 0.321 e. The van der Waals surface area contributed by atoms with Crippen molar-refractivity contribution in [1.29, 1.82) is 0 Å². The van der Waals surface area contributed by atoms with Crippen molar-refractivity contribution in [2.75, 3.05) is 26.7 Å². The first-order valence-corrected chi connectivity index (χ1v) is 15.3. The third kappa shape index (κ3) is 7.19. The predicted molar refractivity (Wildman–Crippen MR) is 174 cm³/mol. The molecule has 2 heterocycles. The van der Waals surface area contributed by atoms with Gasteiger partial charge in [-0.2, -0.15) is 5.10 Å². The number of nitrogens with zero attached hydrogens (tertiary/aromatic N) is 4. The topological polar surface area (TPSA) is 61.6 Å². The van der Waals surface area contributed by atoms with Gasteiger partial charge >= 0.3 is 5.97 Å². The molecule has 11 heteroatoms. The fourth-order valence-electron chi connectivity index (χ4n) is 8.32. The summed E-state index contributed by atoms with van der Waals surface area (Å²) in [6, 6.07) is 3.81. The number of carboxylic acids is 1. The number of benzene rings is 1.